The summed E-state index contributed by atoms with van der Waals surface area (Å²) in [6.45, 7) is 2.03. The van der Waals surface area contributed by atoms with Gasteiger partial charge in [-0.1, -0.05) is 13.3 Å². The molecule has 0 amide bonds. The third-order valence-corrected chi connectivity index (χ3v) is 2.30. The first kappa shape index (κ1) is 10.5. The fourth-order valence-electron chi connectivity index (χ4n) is 1.51. The minimum atomic E-state index is -0.102. The van der Waals surface area contributed by atoms with Crippen molar-refractivity contribution in [1.29, 1.82) is 0 Å². The predicted octanol–water partition coefficient (Wildman–Crippen LogP) is 1.78. The molecule has 2 rings (SSSR count). The number of nitrogens with one attached hydrogen (secondary N) is 1. The summed E-state index contributed by atoms with van der Waals surface area (Å²) in [7, 11) is 0. The zero-order valence-corrected chi connectivity index (χ0v) is 9.10. The second-order valence-electron chi connectivity index (χ2n) is 3.55. The van der Waals surface area contributed by atoms with Gasteiger partial charge >= 0.3 is 0 Å². The summed E-state index contributed by atoms with van der Waals surface area (Å²) < 4.78 is 0. The maximum atomic E-state index is 11.5. The van der Waals surface area contributed by atoms with Crippen LogP contribution in [-0.4, -0.2) is 15.0 Å². The van der Waals surface area contributed by atoms with Crippen molar-refractivity contribution in [2.24, 2.45) is 0 Å². The summed E-state index contributed by atoms with van der Waals surface area (Å²) in [6, 6.07) is 3.77. The minimum absolute atomic E-state index is 0.102. The molecule has 0 radical (unpaired) electrons. The third-order valence-electron chi connectivity index (χ3n) is 2.30. The fourth-order valence-corrected chi connectivity index (χ4v) is 1.51. The van der Waals surface area contributed by atoms with E-state index in [-0.39, 0.29) is 5.56 Å². The van der Waals surface area contributed by atoms with Gasteiger partial charge < -0.3 is 4.98 Å². The number of aryl methyl sites for hydroxylation is 1. The van der Waals surface area contributed by atoms with Crippen LogP contribution in [0.1, 0.15) is 19.0 Å². The number of aromatic nitrogens is 3. The van der Waals surface area contributed by atoms with E-state index in [1.807, 2.05) is 19.1 Å². The standard InChI is InChI=1S/C12H13N3O/c1-2-4-10-12(16)14-8-11(15-10)9-5-3-6-13-7-9/h3,5-8H,2,4H2,1H3,(H,14,16). The number of aromatic amines is 1. The van der Waals surface area contributed by atoms with Gasteiger partial charge in [-0.05, 0) is 18.6 Å². The average molecular weight is 215 g/mol. The van der Waals surface area contributed by atoms with Crippen molar-refractivity contribution in [3.05, 3.63) is 46.8 Å². The van der Waals surface area contributed by atoms with E-state index in [9.17, 15) is 4.79 Å². The van der Waals surface area contributed by atoms with Gasteiger partial charge in [-0.2, -0.15) is 0 Å². The highest BCUT2D eigenvalue weighted by Crippen LogP contribution is 2.13. The van der Waals surface area contributed by atoms with Crippen LogP contribution >= 0.6 is 0 Å². The topological polar surface area (TPSA) is 58.6 Å². The number of hydrogen-bond donors (Lipinski definition) is 1. The van der Waals surface area contributed by atoms with Crippen molar-refractivity contribution < 1.29 is 0 Å². The smallest absolute Gasteiger partial charge is 0.269 e. The average Bonchev–Trinajstić information content (AvgIpc) is 2.33. The minimum Gasteiger partial charge on any atom is -0.325 e. The molecule has 82 valence electrons. The Morgan fingerprint density at radius 2 is 2.31 bits per heavy atom. The fraction of sp³-hybridized carbons (Fsp3) is 0.250. The first-order valence-corrected chi connectivity index (χ1v) is 5.30. The molecule has 2 heterocycles. The maximum absolute atomic E-state index is 11.5. The van der Waals surface area contributed by atoms with Gasteiger partial charge in [0.15, 0.2) is 0 Å². The maximum Gasteiger partial charge on any atom is 0.269 e. The molecule has 4 nitrogen and oxygen atoms in total. The van der Waals surface area contributed by atoms with E-state index in [0.717, 1.165) is 17.7 Å². The van der Waals surface area contributed by atoms with Crippen molar-refractivity contribution in [1.82, 2.24) is 15.0 Å². The molecule has 0 aromatic carbocycles. The van der Waals surface area contributed by atoms with Crippen LogP contribution < -0.4 is 5.56 Å². The Kier molecular flexibility index (Phi) is 3.10. The molecule has 0 atom stereocenters. The molecule has 1 N–H and O–H groups in total. The number of pyridine rings is 1. The van der Waals surface area contributed by atoms with E-state index in [4.69, 9.17) is 0 Å². The molecule has 0 spiro atoms. The van der Waals surface area contributed by atoms with Gasteiger partial charge in [-0.3, -0.25) is 9.78 Å². The Balaban J connectivity index is 2.44. The molecule has 0 unspecified atom stereocenters. The Bertz CT molecular complexity index is 519. The molecule has 0 aliphatic carbocycles. The highest BCUT2D eigenvalue weighted by Gasteiger charge is 2.04. The molecule has 0 aliphatic rings. The second kappa shape index (κ2) is 4.70. The van der Waals surface area contributed by atoms with Crippen molar-refractivity contribution in [3.63, 3.8) is 0 Å². The number of nitrogens with zero attached hydrogens (tertiary/aromatic N) is 2. The lowest BCUT2D eigenvalue weighted by Crippen LogP contribution is -2.14. The molecular formula is C12H13N3O. The molecule has 16 heavy (non-hydrogen) atoms. The highest BCUT2D eigenvalue weighted by molar-refractivity contribution is 5.56. The third kappa shape index (κ3) is 2.16. The molecule has 4 heteroatoms. The Morgan fingerprint density at radius 3 is 3.00 bits per heavy atom. The second-order valence-corrected chi connectivity index (χ2v) is 3.55. The van der Waals surface area contributed by atoms with Gasteiger partial charge in [-0.15, -0.1) is 0 Å². The van der Waals surface area contributed by atoms with Crippen LogP contribution in [0.5, 0.6) is 0 Å². The molecule has 0 saturated carbocycles. The Labute approximate surface area is 93.4 Å². The van der Waals surface area contributed by atoms with Crippen LogP contribution in [0.2, 0.25) is 0 Å². The van der Waals surface area contributed by atoms with Crippen molar-refractivity contribution in [2.75, 3.05) is 0 Å². The lowest BCUT2D eigenvalue weighted by atomic mass is 10.2. The summed E-state index contributed by atoms with van der Waals surface area (Å²) in [5, 5.41) is 0. The summed E-state index contributed by atoms with van der Waals surface area (Å²) in [5.41, 5.74) is 2.16. The summed E-state index contributed by atoms with van der Waals surface area (Å²) in [6.07, 6.45) is 6.67. The van der Waals surface area contributed by atoms with Gasteiger partial charge in [0, 0.05) is 24.2 Å². The zero-order chi connectivity index (χ0) is 11.4. The molecule has 2 aromatic rings. The number of hydrogen-bond acceptors (Lipinski definition) is 3. The summed E-state index contributed by atoms with van der Waals surface area (Å²) in [5.74, 6) is 0. The van der Waals surface area contributed by atoms with Crippen LogP contribution in [0.25, 0.3) is 11.3 Å². The highest BCUT2D eigenvalue weighted by atomic mass is 16.1. The Hall–Kier alpha value is -1.97. The van der Waals surface area contributed by atoms with Crippen molar-refractivity contribution in [2.45, 2.75) is 19.8 Å². The largest absolute Gasteiger partial charge is 0.325 e. The van der Waals surface area contributed by atoms with Gasteiger partial charge in [0.25, 0.3) is 5.56 Å². The van der Waals surface area contributed by atoms with E-state index in [0.29, 0.717) is 12.1 Å². The van der Waals surface area contributed by atoms with Crippen LogP contribution in [0, 0.1) is 0 Å². The molecule has 0 aliphatic heterocycles. The molecule has 0 saturated heterocycles. The molecule has 0 fully saturated rings. The van der Waals surface area contributed by atoms with Gasteiger partial charge in [0.1, 0.15) is 5.69 Å². The zero-order valence-electron chi connectivity index (χ0n) is 9.10. The van der Waals surface area contributed by atoms with E-state index < -0.39 is 0 Å². The summed E-state index contributed by atoms with van der Waals surface area (Å²) in [4.78, 5) is 22.5. The predicted molar refractivity (Wildman–Crippen MR) is 62.1 cm³/mol. The van der Waals surface area contributed by atoms with Gasteiger partial charge in [-0.25, -0.2) is 4.98 Å². The first-order chi connectivity index (χ1) is 7.81. The number of H-pyrrole nitrogens is 1. The van der Waals surface area contributed by atoms with E-state index in [1.54, 1.807) is 18.6 Å². The quantitative estimate of drug-likeness (QED) is 0.849. The van der Waals surface area contributed by atoms with Crippen LogP contribution in [-0.2, 0) is 6.42 Å². The van der Waals surface area contributed by atoms with E-state index >= 15 is 0 Å². The SMILES string of the molecule is CCCc1nc(-c2cccnc2)c[nH]c1=O. The van der Waals surface area contributed by atoms with Crippen LogP contribution in [0.3, 0.4) is 0 Å². The molecular weight excluding hydrogens is 202 g/mol. The van der Waals surface area contributed by atoms with Crippen LogP contribution in [0.4, 0.5) is 0 Å². The molecule has 2 aromatic heterocycles. The normalized spacial score (nSPS) is 10.3. The van der Waals surface area contributed by atoms with Crippen molar-refractivity contribution in [3.8, 4) is 11.3 Å². The lowest BCUT2D eigenvalue weighted by Gasteiger charge is -2.02. The lowest BCUT2D eigenvalue weighted by molar-refractivity contribution is 0.856. The van der Waals surface area contributed by atoms with E-state index in [2.05, 4.69) is 15.0 Å². The van der Waals surface area contributed by atoms with E-state index in [1.165, 1.54) is 0 Å². The number of rotatable bonds is 3. The summed E-state index contributed by atoms with van der Waals surface area (Å²) >= 11 is 0. The van der Waals surface area contributed by atoms with Crippen molar-refractivity contribution >= 4 is 0 Å². The molecule has 0 bridgehead atoms. The Morgan fingerprint density at radius 1 is 1.44 bits per heavy atom. The van der Waals surface area contributed by atoms with Gasteiger partial charge in [0.2, 0.25) is 0 Å². The monoisotopic (exact) mass is 215 g/mol. The first-order valence-electron chi connectivity index (χ1n) is 5.30. The van der Waals surface area contributed by atoms with Gasteiger partial charge in [0.05, 0.1) is 5.69 Å². The van der Waals surface area contributed by atoms with Crippen LogP contribution in [0.15, 0.2) is 35.5 Å².